The van der Waals surface area contributed by atoms with E-state index in [4.69, 9.17) is 9.47 Å². The first kappa shape index (κ1) is 29.3. The number of ether oxygens (including phenoxy) is 2. The number of allylic oxidation sites excluding steroid dienone is 5. The first-order valence-electron chi connectivity index (χ1n) is 14.3. The van der Waals surface area contributed by atoms with Crippen LogP contribution in [0.25, 0.3) is 42.5 Å². The van der Waals surface area contributed by atoms with Crippen molar-refractivity contribution in [1.29, 1.82) is 15.8 Å². The van der Waals surface area contributed by atoms with E-state index in [1.165, 1.54) is 18.8 Å². The third-order valence-electron chi connectivity index (χ3n) is 7.58. The van der Waals surface area contributed by atoms with Crippen molar-refractivity contribution in [2.24, 2.45) is 0 Å². The molecule has 5 heterocycles. The van der Waals surface area contributed by atoms with Crippen LogP contribution >= 0.6 is 34.0 Å². The summed E-state index contributed by atoms with van der Waals surface area (Å²) in [5.41, 5.74) is 2.93. The maximum Gasteiger partial charge on any atom is 0.172 e. The van der Waals surface area contributed by atoms with Gasteiger partial charge in [-0.1, -0.05) is 66.7 Å². The summed E-state index contributed by atoms with van der Waals surface area (Å²) in [6.07, 6.45) is 10.2. The van der Waals surface area contributed by atoms with Crippen molar-refractivity contribution in [1.82, 2.24) is 0 Å². The molecule has 0 N–H and O–H groups in total. The highest BCUT2D eigenvalue weighted by Crippen LogP contribution is 2.46. The third-order valence-corrected chi connectivity index (χ3v) is 11.3. The van der Waals surface area contributed by atoms with Gasteiger partial charge in [-0.15, -0.1) is 34.0 Å². The predicted molar refractivity (Wildman–Crippen MR) is 188 cm³/mol. The smallest absolute Gasteiger partial charge is 0.172 e. The van der Waals surface area contributed by atoms with Gasteiger partial charge in [0.1, 0.15) is 40.9 Å². The SMILES string of the molecule is CC1(C)OC(=C(C#N)C#N)C(C#N)=C1/C=C/c1cc2sc3cc(C=C4C=C(c5ccccc5)OC(c5ccccc5)=C4)sc3c2s1. The molecule has 0 bridgehead atoms. The number of fused-ring (bicyclic) bond motifs is 3. The minimum absolute atomic E-state index is 0.0484. The van der Waals surface area contributed by atoms with Crippen molar-refractivity contribution in [3.8, 4) is 18.2 Å². The molecular formula is C38H23N3O2S3. The van der Waals surface area contributed by atoms with Crippen molar-refractivity contribution >= 4 is 76.5 Å². The Hall–Kier alpha value is -5.43. The fraction of sp³-hybridized carbons (Fsp3) is 0.0789. The van der Waals surface area contributed by atoms with E-state index in [9.17, 15) is 15.8 Å². The van der Waals surface area contributed by atoms with E-state index >= 15 is 0 Å². The minimum atomic E-state index is -0.846. The van der Waals surface area contributed by atoms with Crippen LogP contribution in [0.2, 0.25) is 0 Å². The van der Waals surface area contributed by atoms with Crippen LogP contribution in [0, 0.1) is 34.0 Å². The molecule has 0 fully saturated rings. The molecule has 2 aliphatic heterocycles. The monoisotopic (exact) mass is 649 g/mol. The molecule has 2 aromatic carbocycles. The zero-order valence-corrected chi connectivity index (χ0v) is 27.1. The van der Waals surface area contributed by atoms with Gasteiger partial charge in [-0.25, -0.2) is 0 Å². The third kappa shape index (κ3) is 5.38. The zero-order chi connectivity index (χ0) is 31.8. The Morgan fingerprint density at radius 2 is 1.30 bits per heavy atom. The molecule has 0 unspecified atom stereocenters. The van der Waals surface area contributed by atoms with Crippen LogP contribution in [0.5, 0.6) is 0 Å². The molecule has 8 heteroatoms. The average molecular weight is 650 g/mol. The van der Waals surface area contributed by atoms with E-state index in [0.29, 0.717) is 5.57 Å². The van der Waals surface area contributed by atoms with E-state index in [-0.39, 0.29) is 16.9 Å². The number of thiophene rings is 3. The second-order valence-corrected chi connectivity index (χ2v) is 14.3. The summed E-state index contributed by atoms with van der Waals surface area (Å²) in [5, 5.41) is 28.5. The Labute approximate surface area is 278 Å². The maximum atomic E-state index is 9.85. The highest BCUT2D eigenvalue weighted by molar-refractivity contribution is 7.38. The molecule has 0 radical (unpaired) electrons. The van der Waals surface area contributed by atoms with Gasteiger partial charge in [0.2, 0.25) is 0 Å². The van der Waals surface area contributed by atoms with Crippen LogP contribution in [0.4, 0.5) is 0 Å². The molecule has 46 heavy (non-hydrogen) atoms. The Morgan fingerprint density at radius 1 is 0.739 bits per heavy atom. The first-order valence-corrected chi connectivity index (χ1v) is 16.8. The number of hydrogen-bond acceptors (Lipinski definition) is 8. The van der Waals surface area contributed by atoms with Crippen LogP contribution in [0.15, 0.2) is 119 Å². The molecule has 0 atom stereocenters. The molecular weight excluding hydrogens is 627 g/mol. The topological polar surface area (TPSA) is 89.8 Å². The van der Waals surface area contributed by atoms with Gasteiger partial charge in [-0.05, 0) is 55.9 Å². The number of nitrogens with zero attached hydrogens (tertiary/aromatic N) is 3. The van der Waals surface area contributed by atoms with Gasteiger partial charge in [0, 0.05) is 35.9 Å². The van der Waals surface area contributed by atoms with E-state index < -0.39 is 5.60 Å². The fourth-order valence-corrected chi connectivity index (χ4v) is 9.34. The molecule has 0 saturated carbocycles. The summed E-state index contributed by atoms with van der Waals surface area (Å²) in [7, 11) is 0. The molecule has 2 aliphatic rings. The molecule has 7 rings (SSSR count). The zero-order valence-electron chi connectivity index (χ0n) is 24.7. The van der Waals surface area contributed by atoms with Gasteiger partial charge in [-0.2, -0.15) is 15.8 Å². The van der Waals surface area contributed by atoms with Crippen molar-refractivity contribution in [3.05, 3.63) is 140 Å². The summed E-state index contributed by atoms with van der Waals surface area (Å²) >= 11 is 5.24. The molecule has 0 spiro atoms. The maximum absolute atomic E-state index is 9.85. The second-order valence-electron chi connectivity index (χ2n) is 11.1. The quantitative estimate of drug-likeness (QED) is 0.177. The summed E-state index contributed by atoms with van der Waals surface area (Å²) < 4.78 is 17.2. The standard InChI is InChI=1S/C38H23N3O2S3/c1-38(2)30(29(22-41)35(43-38)26(20-39)21-40)14-13-27-18-33-36(44-27)37-34(46-33)19-28(45-37)15-23-16-31(24-9-5-3-6-10-24)42-32(17-23)25-11-7-4-8-12-25/h3-19H,1-2H3/b14-13+. The van der Waals surface area contributed by atoms with Gasteiger partial charge < -0.3 is 9.47 Å². The summed E-state index contributed by atoms with van der Waals surface area (Å²) in [4.78, 5) is 2.21. The number of nitriles is 3. The highest BCUT2D eigenvalue weighted by atomic mass is 32.1. The van der Waals surface area contributed by atoms with E-state index in [1.807, 2.05) is 74.5 Å². The Bertz CT molecular complexity index is 2280. The van der Waals surface area contributed by atoms with Crippen LogP contribution in [0.1, 0.15) is 34.7 Å². The number of benzene rings is 2. The van der Waals surface area contributed by atoms with E-state index in [1.54, 1.807) is 34.0 Å². The lowest BCUT2D eigenvalue weighted by Gasteiger charge is -2.20. The van der Waals surface area contributed by atoms with E-state index in [2.05, 4.69) is 60.7 Å². The fourth-order valence-electron chi connectivity index (χ4n) is 5.43. The van der Waals surface area contributed by atoms with Crippen molar-refractivity contribution in [3.63, 3.8) is 0 Å². The average Bonchev–Trinajstić information content (AvgIpc) is 3.79. The molecule has 0 aliphatic carbocycles. The highest BCUT2D eigenvalue weighted by Gasteiger charge is 2.38. The predicted octanol–water partition coefficient (Wildman–Crippen LogP) is 10.6. The molecule has 3 aromatic heterocycles. The van der Waals surface area contributed by atoms with Crippen LogP contribution in [-0.2, 0) is 9.47 Å². The van der Waals surface area contributed by atoms with Gasteiger partial charge >= 0.3 is 0 Å². The largest absolute Gasteiger partial charge is 0.480 e. The lowest BCUT2D eigenvalue weighted by molar-refractivity contribution is 0.0954. The molecule has 5 nitrogen and oxygen atoms in total. The minimum Gasteiger partial charge on any atom is -0.480 e. The molecule has 5 aromatic rings. The summed E-state index contributed by atoms with van der Waals surface area (Å²) in [6.45, 7) is 3.66. The molecule has 0 saturated heterocycles. The van der Waals surface area contributed by atoms with Gasteiger partial charge in [0.25, 0.3) is 0 Å². The lowest BCUT2D eigenvalue weighted by Crippen LogP contribution is -2.20. The van der Waals surface area contributed by atoms with Crippen LogP contribution in [0.3, 0.4) is 0 Å². The van der Waals surface area contributed by atoms with Crippen molar-refractivity contribution < 1.29 is 9.47 Å². The summed E-state index contributed by atoms with van der Waals surface area (Å²) in [5.74, 6) is 1.67. The van der Waals surface area contributed by atoms with Crippen LogP contribution < -0.4 is 0 Å². The molecule has 220 valence electrons. The van der Waals surface area contributed by atoms with Crippen LogP contribution in [-0.4, -0.2) is 5.60 Å². The Kier molecular flexibility index (Phi) is 7.53. The molecule has 0 amide bonds. The number of hydrogen-bond donors (Lipinski definition) is 0. The van der Waals surface area contributed by atoms with Crippen molar-refractivity contribution in [2.75, 3.05) is 0 Å². The summed E-state index contributed by atoms with van der Waals surface area (Å²) in [6, 6.07) is 30.5. The normalized spacial score (nSPS) is 15.6. The lowest BCUT2D eigenvalue weighted by atomic mass is 9.94. The number of rotatable bonds is 5. The van der Waals surface area contributed by atoms with Gasteiger partial charge in [0.15, 0.2) is 11.3 Å². The van der Waals surface area contributed by atoms with Crippen molar-refractivity contribution in [2.45, 2.75) is 19.4 Å². The Balaban J connectivity index is 1.23. The van der Waals surface area contributed by atoms with Gasteiger partial charge in [-0.3, -0.25) is 0 Å². The first-order chi connectivity index (χ1) is 22.4. The second kappa shape index (κ2) is 11.8. The Morgan fingerprint density at radius 3 is 1.87 bits per heavy atom. The van der Waals surface area contributed by atoms with Gasteiger partial charge in [0.05, 0.1) is 9.40 Å². The van der Waals surface area contributed by atoms with E-state index in [0.717, 1.165) is 38.0 Å².